The first-order valence-corrected chi connectivity index (χ1v) is 10.7. The summed E-state index contributed by atoms with van der Waals surface area (Å²) in [7, 11) is 0. The zero-order valence-electron chi connectivity index (χ0n) is 16.7. The fourth-order valence-electron chi connectivity index (χ4n) is 5.93. The smallest absolute Gasteiger partial charge is 0.255 e. The molecule has 29 heavy (non-hydrogen) atoms. The van der Waals surface area contributed by atoms with Crippen molar-refractivity contribution in [3.8, 4) is 0 Å². The van der Waals surface area contributed by atoms with E-state index in [1.165, 1.54) is 24.8 Å². The number of carbonyl (C=O) groups excluding carboxylic acids is 3. The third kappa shape index (κ3) is 2.99. The monoisotopic (exact) mass is 396 g/mol. The zero-order chi connectivity index (χ0) is 20.2. The number of piperidine rings is 3. The molecule has 6 rings (SSSR count). The summed E-state index contributed by atoms with van der Waals surface area (Å²) in [6.07, 6.45) is 5.41. The van der Waals surface area contributed by atoms with Crippen molar-refractivity contribution in [2.24, 2.45) is 11.7 Å². The molecule has 0 radical (unpaired) electrons. The third-order valence-electron chi connectivity index (χ3n) is 7.47. The number of amides is 3. The molecular formula is C22H28N4O3. The first kappa shape index (κ1) is 18.8. The number of hydrogen-bond acceptors (Lipinski definition) is 5. The second kappa shape index (κ2) is 6.92. The van der Waals surface area contributed by atoms with Crippen LogP contribution in [-0.4, -0.2) is 52.2 Å². The van der Waals surface area contributed by atoms with Crippen molar-refractivity contribution in [2.45, 2.75) is 63.2 Å². The standard InChI is InChI=1S/C22H28N4O3/c23-8-7-22-10-14(11-22)6-9-25(22)12-15-2-1-3-16-17(15)13-26(21(16)29)18-4-5-19(27)24-20(18)28/h1-3,14,18H,4-13,23H2,(H,24,27,28). The lowest BCUT2D eigenvalue weighted by atomic mass is 9.61. The van der Waals surface area contributed by atoms with Gasteiger partial charge in [-0.05, 0) is 68.3 Å². The molecule has 5 aliphatic rings. The van der Waals surface area contributed by atoms with Gasteiger partial charge in [0.25, 0.3) is 5.91 Å². The maximum Gasteiger partial charge on any atom is 0.255 e. The average molecular weight is 396 g/mol. The highest BCUT2D eigenvalue weighted by molar-refractivity contribution is 6.05. The predicted molar refractivity (Wildman–Crippen MR) is 107 cm³/mol. The summed E-state index contributed by atoms with van der Waals surface area (Å²) in [5, 5.41) is 2.37. The molecule has 3 amide bonds. The van der Waals surface area contributed by atoms with Crippen LogP contribution < -0.4 is 11.1 Å². The van der Waals surface area contributed by atoms with E-state index in [4.69, 9.17) is 5.73 Å². The molecule has 1 unspecified atom stereocenters. The molecule has 1 aromatic rings. The Labute approximate surface area is 170 Å². The van der Waals surface area contributed by atoms with Crippen LogP contribution >= 0.6 is 0 Å². The molecule has 2 bridgehead atoms. The van der Waals surface area contributed by atoms with E-state index in [0.29, 0.717) is 25.1 Å². The van der Waals surface area contributed by atoms with Gasteiger partial charge in [-0.2, -0.15) is 0 Å². The van der Waals surface area contributed by atoms with Crippen LogP contribution in [0.2, 0.25) is 0 Å². The minimum Gasteiger partial charge on any atom is -0.330 e. The summed E-state index contributed by atoms with van der Waals surface area (Å²) in [5.74, 6) is 0.131. The van der Waals surface area contributed by atoms with Crippen LogP contribution in [0, 0.1) is 5.92 Å². The van der Waals surface area contributed by atoms with Gasteiger partial charge in [-0.3, -0.25) is 24.6 Å². The molecule has 1 saturated carbocycles. The molecular weight excluding hydrogens is 368 g/mol. The largest absolute Gasteiger partial charge is 0.330 e. The fourth-order valence-corrected chi connectivity index (χ4v) is 5.93. The van der Waals surface area contributed by atoms with Crippen molar-refractivity contribution >= 4 is 17.7 Å². The van der Waals surface area contributed by atoms with E-state index in [1.807, 2.05) is 12.1 Å². The van der Waals surface area contributed by atoms with Crippen LogP contribution in [0.5, 0.6) is 0 Å². The Balaban J connectivity index is 1.38. The topological polar surface area (TPSA) is 95.7 Å². The lowest BCUT2D eigenvalue weighted by Crippen LogP contribution is -2.62. The van der Waals surface area contributed by atoms with E-state index in [2.05, 4.69) is 16.3 Å². The van der Waals surface area contributed by atoms with Gasteiger partial charge in [-0.15, -0.1) is 0 Å². The molecule has 4 aliphatic heterocycles. The number of imide groups is 1. The Kier molecular flexibility index (Phi) is 4.47. The normalized spacial score (nSPS) is 31.5. The lowest BCUT2D eigenvalue weighted by molar-refractivity contribution is -0.136. The summed E-state index contributed by atoms with van der Waals surface area (Å²) in [6, 6.07) is 5.36. The Bertz CT molecular complexity index is 871. The first-order chi connectivity index (χ1) is 14.0. The molecule has 7 nitrogen and oxygen atoms in total. The predicted octanol–water partition coefficient (Wildman–Crippen LogP) is 1.15. The summed E-state index contributed by atoms with van der Waals surface area (Å²) in [5.41, 5.74) is 9.05. The minimum absolute atomic E-state index is 0.102. The zero-order valence-corrected chi connectivity index (χ0v) is 16.7. The first-order valence-electron chi connectivity index (χ1n) is 10.7. The van der Waals surface area contributed by atoms with E-state index < -0.39 is 6.04 Å². The van der Waals surface area contributed by atoms with E-state index in [1.54, 1.807) is 4.90 Å². The van der Waals surface area contributed by atoms with Crippen molar-refractivity contribution in [2.75, 3.05) is 13.1 Å². The minimum atomic E-state index is -0.564. The summed E-state index contributed by atoms with van der Waals surface area (Å²) < 4.78 is 0. The Morgan fingerprint density at radius 2 is 2.00 bits per heavy atom. The number of nitrogens with two attached hydrogens (primary N) is 1. The van der Waals surface area contributed by atoms with Crippen LogP contribution in [0.1, 0.15) is 60.0 Å². The van der Waals surface area contributed by atoms with Crippen LogP contribution in [0.15, 0.2) is 18.2 Å². The Hall–Kier alpha value is -2.25. The molecule has 4 heterocycles. The maximum atomic E-state index is 13.0. The van der Waals surface area contributed by atoms with E-state index in [9.17, 15) is 14.4 Å². The molecule has 3 N–H and O–H groups in total. The van der Waals surface area contributed by atoms with E-state index in [-0.39, 0.29) is 29.7 Å². The van der Waals surface area contributed by atoms with Gasteiger partial charge in [0.05, 0.1) is 0 Å². The average Bonchev–Trinajstić information content (AvgIpc) is 3.00. The van der Waals surface area contributed by atoms with Crippen molar-refractivity contribution in [3.05, 3.63) is 34.9 Å². The third-order valence-corrected chi connectivity index (χ3v) is 7.47. The molecule has 154 valence electrons. The number of benzene rings is 1. The van der Waals surface area contributed by atoms with E-state index in [0.717, 1.165) is 31.0 Å². The number of hydrogen-bond donors (Lipinski definition) is 2. The number of fused-ring (bicyclic) bond motifs is 3. The molecule has 7 heteroatoms. The molecule has 3 saturated heterocycles. The molecule has 4 fully saturated rings. The highest BCUT2D eigenvalue weighted by Gasteiger charge is 2.51. The summed E-state index contributed by atoms with van der Waals surface area (Å²) in [6.45, 7) is 3.06. The molecule has 1 atom stereocenters. The SMILES string of the molecule is NCCC12CC(CCN1Cc1cccc3c1CN(C1CCC(=O)NC1=O)C3=O)C2. The number of nitrogens with one attached hydrogen (secondary N) is 1. The summed E-state index contributed by atoms with van der Waals surface area (Å²) >= 11 is 0. The van der Waals surface area contributed by atoms with E-state index >= 15 is 0 Å². The summed E-state index contributed by atoms with van der Waals surface area (Å²) in [4.78, 5) is 41.0. The Morgan fingerprint density at radius 1 is 1.17 bits per heavy atom. The van der Waals surface area contributed by atoms with Crippen LogP contribution in [-0.2, 0) is 22.7 Å². The molecule has 1 aliphatic carbocycles. The van der Waals surface area contributed by atoms with Gasteiger partial charge >= 0.3 is 0 Å². The van der Waals surface area contributed by atoms with Gasteiger partial charge in [0.15, 0.2) is 0 Å². The van der Waals surface area contributed by atoms with Crippen LogP contribution in [0.3, 0.4) is 0 Å². The quantitative estimate of drug-likeness (QED) is 0.728. The van der Waals surface area contributed by atoms with Gasteiger partial charge in [-0.1, -0.05) is 12.1 Å². The highest BCUT2D eigenvalue weighted by atomic mass is 16.2. The van der Waals surface area contributed by atoms with Crippen molar-refractivity contribution in [3.63, 3.8) is 0 Å². The van der Waals surface area contributed by atoms with Gasteiger partial charge < -0.3 is 10.6 Å². The van der Waals surface area contributed by atoms with Gasteiger partial charge in [0, 0.05) is 30.6 Å². The molecule has 1 aromatic carbocycles. The lowest BCUT2D eigenvalue weighted by Gasteiger charge is -2.59. The molecule has 0 aromatic heterocycles. The molecule has 0 spiro atoms. The van der Waals surface area contributed by atoms with Gasteiger partial charge in [0.1, 0.15) is 6.04 Å². The fraction of sp³-hybridized carbons (Fsp3) is 0.591. The van der Waals surface area contributed by atoms with Crippen LogP contribution in [0.4, 0.5) is 0 Å². The Morgan fingerprint density at radius 3 is 2.76 bits per heavy atom. The number of carbonyl (C=O) groups is 3. The second-order valence-corrected chi connectivity index (χ2v) is 9.09. The highest BCUT2D eigenvalue weighted by Crippen LogP contribution is 2.51. The maximum absolute atomic E-state index is 13.0. The van der Waals surface area contributed by atoms with Crippen molar-refractivity contribution < 1.29 is 14.4 Å². The van der Waals surface area contributed by atoms with Gasteiger partial charge in [0.2, 0.25) is 11.8 Å². The number of rotatable bonds is 5. The van der Waals surface area contributed by atoms with Gasteiger partial charge in [-0.25, -0.2) is 0 Å². The van der Waals surface area contributed by atoms with Crippen molar-refractivity contribution in [1.29, 1.82) is 0 Å². The number of nitrogens with zero attached hydrogens (tertiary/aromatic N) is 2. The second-order valence-electron chi connectivity index (χ2n) is 9.09. The van der Waals surface area contributed by atoms with Crippen molar-refractivity contribution in [1.82, 2.24) is 15.1 Å². The van der Waals surface area contributed by atoms with Crippen LogP contribution in [0.25, 0.3) is 0 Å².